The van der Waals surface area contributed by atoms with Crippen LogP contribution in [0.15, 0.2) is 15.9 Å². The summed E-state index contributed by atoms with van der Waals surface area (Å²) >= 11 is 5.09. The highest BCUT2D eigenvalue weighted by Crippen LogP contribution is 2.22. The molecule has 1 aromatic heterocycles. The average molecular weight is 303 g/mol. The summed E-state index contributed by atoms with van der Waals surface area (Å²) in [6.45, 7) is 0.594. The molecular weight excluding hydrogens is 288 g/mol. The van der Waals surface area contributed by atoms with Crippen LogP contribution in [-0.2, 0) is 6.54 Å². The molecule has 1 fully saturated rings. The third-order valence-corrected chi connectivity index (χ3v) is 4.72. The smallest absolute Gasteiger partial charge is 0.315 e. The minimum Gasteiger partial charge on any atom is -0.335 e. The monoisotopic (exact) mass is 302 g/mol. The summed E-state index contributed by atoms with van der Waals surface area (Å²) in [5.74, 6) is 0. The Bertz CT molecular complexity index is 361. The molecule has 5 heteroatoms. The van der Waals surface area contributed by atoms with Crippen molar-refractivity contribution >= 4 is 33.3 Å². The van der Waals surface area contributed by atoms with Crippen LogP contribution in [0.2, 0.25) is 0 Å². The van der Waals surface area contributed by atoms with Gasteiger partial charge < -0.3 is 10.6 Å². The second-order valence-electron chi connectivity index (χ2n) is 4.00. The molecule has 88 valence electrons. The van der Waals surface area contributed by atoms with Crippen molar-refractivity contribution in [2.75, 3.05) is 0 Å². The van der Waals surface area contributed by atoms with Gasteiger partial charge in [-0.05, 0) is 40.2 Å². The quantitative estimate of drug-likeness (QED) is 0.884. The molecule has 2 rings (SSSR count). The first kappa shape index (κ1) is 11.9. The molecule has 0 bridgehead atoms. The molecular formula is C11H15BrN2OS. The zero-order chi connectivity index (χ0) is 11.4. The minimum atomic E-state index is -0.0489. The molecule has 0 aromatic carbocycles. The number of carbonyl (C=O) groups excluding carboxylic acids is 1. The number of thiophene rings is 1. The summed E-state index contributed by atoms with van der Waals surface area (Å²) < 4.78 is 1.07. The van der Waals surface area contributed by atoms with Gasteiger partial charge in [0.2, 0.25) is 0 Å². The normalized spacial score (nSPS) is 16.3. The maximum atomic E-state index is 11.6. The molecule has 1 saturated carbocycles. The number of urea groups is 1. The van der Waals surface area contributed by atoms with Gasteiger partial charge in [-0.1, -0.05) is 12.8 Å². The average Bonchev–Trinajstić information content (AvgIpc) is 2.87. The van der Waals surface area contributed by atoms with E-state index in [4.69, 9.17) is 0 Å². The molecule has 0 saturated heterocycles. The second-order valence-corrected chi connectivity index (χ2v) is 5.86. The number of hydrogen-bond acceptors (Lipinski definition) is 2. The van der Waals surface area contributed by atoms with Crippen molar-refractivity contribution in [2.24, 2.45) is 0 Å². The van der Waals surface area contributed by atoms with Gasteiger partial charge >= 0.3 is 6.03 Å². The number of halogens is 1. The number of nitrogens with one attached hydrogen (secondary N) is 2. The Kier molecular flexibility index (Phi) is 4.23. The van der Waals surface area contributed by atoms with Gasteiger partial charge in [0, 0.05) is 15.4 Å². The number of hydrogen-bond donors (Lipinski definition) is 2. The zero-order valence-corrected chi connectivity index (χ0v) is 11.4. The summed E-state index contributed by atoms with van der Waals surface area (Å²) in [5.41, 5.74) is 0. The number of amides is 2. The highest BCUT2D eigenvalue weighted by Gasteiger charge is 2.16. The Balaban J connectivity index is 1.73. The van der Waals surface area contributed by atoms with Crippen LogP contribution in [0.1, 0.15) is 30.6 Å². The van der Waals surface area contributed by atoms with Crippen molar-refractivity contribution in [3.63, 3.8) is 0 Å². The molecule has 0 aliphatic heterocycles. The molecule has 3 nitrogen and oxygen atoms in total. The van der Waals surface area contributed by atoms with Crippen molar-refractivity contribution in [2.45, 2.75) is 38.3 Å². The van der Waals surface area contributed by atoms with Crippen molar-refractivity contribution in [3.8, 4) is 0 Å². The Labute approximate surface area is 108 Å². The first-order chi connectivity index (χ1) is 7.75. The molecule has 16 heavy (non-hydrogen) atoms. The van der Waals surface area contributed by atoms with Crippen LogP contribution >= 0.6 is 27.3 Å². The van der Waals surface area contributed by atoms with E-state index >= 15 is 0 Å². The van der Waals surface area contributed by atoms with E-state index in [9.17, 15) is 4.79 Å². The van der Waals surface area contributed by atoms with Crippen molar-refractivity contribution < 1.29 is 4.79 Å². The lowest BCUT2D eigenvalue weighted by Crippen LogP contribution is -2.40. The van der Waals surface area contributed by atoms with Gasteiger partial charge in [0.25, 0.3) is 0 Å². The van der Waals surface area contributed by atoms with Gasteiger partial charge in [-0.3, -0.25) is 0 Å². The van der Waals surface area contributed by atoms with Crippen LogP contribution in [0.5, 0.6) is 0 Å². The van der Waals surface area contributed by atoms with Crippen molar-refractivity contribution in [3.05, 3.63) is 20.8 Å². The van der Waals surface area contributed by atoms with E-state index in [1.807, 2.05) is 11.4 Å². The summed E-state index contributed by atoms with van der Waals surface area (Å²) in [6, 6.07) is 2.33. The molecule has 1 aliphatic carbocycles. The molecule has 1 aliphatic rings. The number of rotatable bonds is 3. The van der Waals surface area contributed by atoms with E-state index in [0.29, 0.717) is 12.6 Å². The Morgan fingerprint density at radius 1 is 1.50 bits per heavy atom. The van der Waals surface area contributed by atoms with E-state index in [1.54, 1.807) is 11.3 Å². The Hall–Kier alpha value is -0.550. The summed E-state index contributed by atoms with van der Waals surface area (Å²) in [6.07, 6.45) is 4.72. The minimum absolute atomic E-state index is 0.0489. The van der Waals surface area contributed by atoms with E-state index in [-0.39, 0.29) is 6.03 Å². The van der Waals surface area contributed by atoms with Gasteiger partial charge in [-0.25, -0.2) is 4.79 Å². The SMILES string of the molecule is O=C(NCc1sccc1Br)NC1CCCC1. The second kappa shape index (κ2) is 5.68. The first-order valence-electron chi connectivity index (χ1n) is 5.52. The molecule has 2 N–H and O–H groups in total. The molecule has 0 atom stereocenters. The largest absolute Gasteiger partial charge is 0.335 e. The van der Waals surface area contributed by atoms with Gasteiger partial charge in [-0.15, -0.1) is 11.3 Å². The standard InChI is InChI=1S/C11H15BrN2OS/c12-9-5-6-16-10(9)7-13-11(15)14-8-3-1-2-4-8/h5-6,8H,1-4,7H2,(H2,13,14,15). The van der Waals surface area contributed by atoms with Crippen LogP contribution in [-0.4, -0.2) is 12.1 Å². The summed E-state index contributed by atoms with van der Waals surface area (Å²) in [7, 11) is 0. The van der Waals surface area contributed by atoms with E-state index in [1.165, 1.54) is 12.8 Å². The van der Waals surface area contributed by atoms with Gasteiger partial charge in [0.05, 0.1) is 6.54 Å². The highest BCUT2D eigenvalue weighted by molar-refractivity contribution is 9.10. The topological polar surface area (TPSA) is 41.1 Å². The Morgan fingerprint density at radius 2 is 2.25 bits per heavy atom. The first-order valence-corrected chi connectivity index (χ1v) is 7.19. The predicted molar refractivity (Wildman–Crippen MR) is 69.6 cm³/mol. The van der Waals surface area contributed by atoms with Gasteiger partial charge in [-0.2, -0.15) is 0 Å². The number of carbonyl (C=O) groups is 1. The van der Waals surface area contributed by atoms with Crippen LogP contribution < -0.4 is 10.6 Å². The predicted octanol–water partition coefficient (Wildman–Crippen LogP) is 3.25. The van der Waals surface area contributed by atoms with Gasteiger partial charge in [0.15, 0.2) is 0 Å². The van der Waals surface area contributed by atoms with Gasteiger partial charge in [0.1, 0.15) is 0 Å². The Morgan fingerprint density at radius 3 is 2.88 bits per heavy atom. The van der Waals surface area contributed by atoms with Crippen LogP contribution in [0.4, 0.5) is 4.79 Å². The van der Waals surface area contributed by atoms with E-state index < -0.39 is 0 Å². The molecule has 2 amide bonds. The highest BCUT2D eigenvalue weighted by atomic mass is 79.9. The van der Waals surface area contributed by atoms with Crippen LogP contribution in [0.25, 0.3) is 0 Å². The summed E-state index contributed by atoms with van der Waals surface area (Å²) in [4.78, 5) is 12.7. The maximum Gasteiger partial charge on any atom is 0.315 e. The fourth-order valence-corrected chi connectivity index (χ4v) is 3.35. The molecule has 0 unspecified atom stereocenters. The molecule has 0 radical (unpaired) electrons. The third-order valence-electron chi connectivity index (χ3n) is 2.79. The lowest BCUT2D eigenvalue weighted by molar-refractivity contribution is 0.237. The maximum absolute atomic E-state index is 11.6. The zero-order valence-electron chi connectivity index (χ0n) is 8.96. The molecule has 1 heterocycles. The fourth-order valence-electron chi connectivity index (χ4n) is 1.92. The molecule has 0 spiro atoms. The summed E-state index contributed by atoms with van der Waals surface area (Å²) in [5, 5.41) is 7.89. The van der Waals surface area contributed by atoms with Crippen LogP contribution in [0.3, 0.4) is 0 Å². The van der Waals surface area contributed by atoms with Crippen LogP contribution in [0, 0.1) is 0 Å². The van der Waals surface area contributed by atoms with Crippen molar-refractivity contribution in [1.82, 2.24) is 10.6 Å². The lowest BCUT2D eigenvalue weighted by Gasteiger charge is -2.12. The molecule has 1 aromatic rings. The fraction of sp³-hybridized carbons (Fsp3) is 0.545. The van der Waals surface area contributed by atoms with Crippen molar-refractivity contribution in [1.29, 1.82) is 0 Å². The van der Waals surface area contributed by atoms with E-state index in [2.05, 4.69) is 26.6 Å². The van der Waals surface area contributed by atoms with E-state index in [0.717, 1.165) is 22.2 Å². The lowest BCUT2D eigenvalue weighted by atomic mass is 10.2. The third kappa shape index (κ3) is 3.22.